The number of hydrogen-bond donors (Lipinski definition) is 1. The minimum atomic E-state index is -0.436. The van der Waals surface area contributed by atoms with Crippen molar-refractivity contribution < 1.29 is 9.66 Å². The van der Waals surface area contributed by atoms with E-state index in [1.54, 1.807) is 6.07 Å². The highest BCUT2D eigenvalue weighted by atomic mass is 79.9. The van der Waals surface area contributed by atoms with Crippen molar-refractivity contribution in [1.82, 2.24) is 5.32 Å². The van der Waals surface area contributed by atoms with E-state index >= 15 is 0 Å². The molecule has 1 aromatic rings. The van der Waals surface area contributed by atoms with E-state index in [2.05, 4.69) is 28.2 Å². The number of benzene rings is 1. The lowest BCUT2D eigenvalue weighted by Gasteiger charge is -2.08. The fourth-order valence-corrected chi connectivity index (χ4v) is 1.61. The van der Waals surface area contributed by atoms with Gasteiger partial charge in [-0.1, -0.05) is 6.92 Å². The molecule has 0 aromatic heterocycles. The second-order valence-corrected chi connectivity index (χ2v) is 4.32. The molecule has 1 rings (SSSR count). The van der Waals surface area contributed by atoms with Crippen LogP contribution in [0.5, 0.6) is 5.75 Å². The van der Waals surface area contributed by atoms with Gasteiger partial charge in [0.25, 0.3) is 5.69 Å². The third-order valence-electron chi connectivity index (χ3n) is 2.09. The first-order valence-corrected chi connectivity index (χ1v) is 6.22. The van der Waals surface area contributed by atoms with Gasteiger partial charge in [-0.2, -0.15) is 0 Å². The Kier molecular flexibility index (Phi) is 5.93. The molecule has 0 amide bonds. The molecule has 0 atom stereocenters. The summed E-state index contributed by atoms with van der Waals surface area (Å²) in [4.78, 5) is 10.2. The maximum absolute atomic E-state index is 10.6. The molecule has 0 spiro atoms. The number of non-ortho nitro benzene ring substituents is 1. The first kappa shape index (κ1) is 13.9. The van der Waals surface area contributed by atoms with Crippen molar-refractivity contribution in [2.45, 2.75) is 13.3 Å². The molecule has 6 heteroatoms. The smallest absolute Gasteiger partial charge is 0.273 e. The lowest BCUT2D eigenvalue weighted by atomic mass is 10.3. The summed E-state index contributed by atoms with van der Waals surface area (Å²) in [5.74, 6) is 0.498. The summed E-state index contributed by atoms with van der Waals surface area (Å²) >= 11 is 3.29. The minimum Gasteiger partial charge on any atom is -0.491 e. The van der Waals surface area contributed by atoms with Crippen LogP contribution in [0.15, 0.2) is 22.7 Å². The van der Waals surface area contributed by atoms with Gasteiger partial charge in [-0.3, -0.25) is 10.1 Å². The summed E-state index contributed by atoms with van der Waals surface area (Å²) < 4.78 is 6.18. The van der Waals surface area contributed by atoms with E-state index in [1.165, 1.54) is 12.1 Å². The number of halogens is 1. The molecule has 0 heterocycles. The van der Waals surface area contributed by atoms with Crippen molar-refractivity contribution in [2.24, 2.45) is 0 Å². The standard InChI is InChI=1S/C11H15BrN2O3/c1-2-5-13-6-7-17-11-8-9(14(15)16)3-4-10(11)12/h3-4,8,13H,2,5-7H2,1H3. The summed E-state index contributed by atoms with van der Waals surface area (Å²) in [5.41, 5.74) is 0.0321. The van der Waals surface area contributed by atoms with E-state index in [9.17, 15) is 10.1 Å². The van der Waals surface area contributed by atoms with Gasteiger partial charge in [-0.15, -0.1) is 0 Å². The van der Waals surface area contributed by atoms with Crippen LogP contribution in [0, 0.1) is 10.1 Å². The van der Waals surface area contributed by atoms with Crippen molar-refractivity contribution in [1.29, 1.82) is 0 Å². The molecule has 0 bridgehead atoms. The number of nitro groups is 1. The number of nitrogens with one attached hydrogen (secondary N) is 1. The number of nitro benzene ring substituents is 1. The fraction of sp³-hybridized carbons (Fsp3) is 0.455. The van der Waals surface area contributed by atoms with Crippen LogP contribution < -0.4 is 10.1 Å². The van der Waals surface area contributed by atoms with E-state index in [4.69, 9.17) is 4.74 Å². The third kappa shape index (κ3) is 4.70. The number of ether oxygens (including phenoxy) is 1. The maximum Gasteiger partial charge on any atom is 0.273 e. The molecule has 0 radical (unpaired) electrons. The van der Waals surface area contributed by atoms with Crippen molar-refractivity contribution >= 4 is 21.6 Å². The molecule has 0 unspecified atom stereocenters. The topological polar surface area (TPSA) is 64.4 Å². The van der Waals surface area contributed by atoms with Crippen LogP contribution >= 0.6 is 15.9 Å². The Balaban J connectivity index is 2.51. The first-order chi connectivity index (χ1) is 8.15. The maximum atomic E-state index is 10.6. The molecule has 94 valence electrons. The summed E-state index contributed by atoms with van der Waals surface area (Å²) in [6.07, 6.45) is 1.07. The van der Waals surface area contributed by atoms with Gasteiger partial charge >= 0.3 is 0 Å². The second kappa shape index (κ2) is 7.24. The highest BCUT2D eigenvalue weighted by molar-refractivity contribution is 9.10. The first-order valence-electron chi connectivity index (χ1n) is 5.42. The fourth-order valence-electron chi connectivity index (χ4n) is 1.25. The Hall–Kier alpha value is -1.14. The van der Waals surface area contributed by atoms with E-state index in [0.717, 1.165) is 24.0 Å². The van der Waals surface area contributed by atoms with Gasteiger partial charge in [0.05, 0.1) is 15.5 Å². The Bertz CT molecular complexity index is 385. The van der Waals surface area contributed by atoms with Crippen LogP contribution in [-0.2, 0) is 0 Å². The normalized spacial score (nSPS) is 10.2. The van der Waals surface area contributed by atoms with Gasteiger partial charge in [0.2, 0.25) is 0 Å². The average Bonchev–Trinajstić information content (AvgIpc) is 2.30. The SMILES string of the molecule is CCCNCCOc1cc([N+](=O)[O-])ccc1Br. The van der Waals surface area contributed by atoms with Crippen molar-refractivity contribution in [3.8, 4) is 5.75 Å². The highest BCUT2D eigenvalue weighted by Crippen LogP contribution is 2.29. The van der Waals surface area contributed by atoms with Gasteiger partial charge < -0.3 is 10.1 Å². The van der Waals surface area contributed by atoms with Crippen LogP contribution in [0.1, 0.15) is 13.3 Å². The molecule has 0 saturated heterocycles. The number of rotatable bonds is 7. The van der Waals surface area contributed by atoms with Crippen LogP contribution in [0.2, 0.25) is 0 Å². The van der Waals surface area contributed by atoms with Crippen molar-refractivity contribution in [3.05, 3.63) is 32.8 Å². The summed E-state index contributed by atoms with van der Waals surface area (Å²) in [7, 11) is 0. The number of hydrogen-bond acceptors (Lipinski definition) is 4. The molecule has 0 fully saturated rings. The zero-order valence-corrected chi connectivity index (χ0v) is 11.2. The molecule has 0 saturated carbocycles. The van der Waals surface area contributed by atoms with Crippen LogP contribution in [-0.4, -0.2) is 24.6 Å². The predicted molar refractivity (Wildman–Crippen MR) is 69.5 cm³/mol. The van der Waals surface area contributed by atoms with Gasteiger partial charge in [0.15, 0.2) is 0 Å². The lowest BCUT2D eigenvalue weighted by Crippen LogP contribution is -2.21. The summed E-state index contributed by atoms with van der Waals surface area (Å²) in [5, 5.41) is 13.8. The van der Waals surface area contributed by atoms with E-state index in [1.807, 2.05) is 0 Å². The van der Waals surface area contributed by atoms with E-state index < -0.39 is 4.92 Å². The predicted octanol–water partition coefficient (Wildman–Crippen LogP) is 2.74. The Labute approximate surface area is 108 Å². The second-order valence-electron chi connectivity index (χ2n) is 3.47. The average molecular weight is 303 g/mol. The third-order valence-corrected chi connectivity index (χ3v) is 2.74. The molecule has 5 nitrogen and oxygen atoms in total. The molecular formula is C11H15BrN2O3. The highest BCUT2D eigenvalue weighted by Gasteiger charge is 2.10. The Morgan fingerprint density at radius 1 is 1.47 bits per heavy atom. The van der Waals surface area contributed by atoms with Gasteiger partial charge in [-0.25, -0.2) is 0 Å². The van der Waals surface area contributed by atoms with Gasteiger partial charge in [0, 0.05) is 12.6 Å². The summed E-state index contributed by atoms with van der Waals surface area (Å²) in [6, 6.07) is 4.48. The van der Waals surface area contributed by atoms with Crippen LogP contribution in [0.3, 0.4) is 0 Å². The van der Waals surface area contributed by atoms with Crippen LogP contribution in [0.25, 0.3) is 0 Å². The van der Waals surface area contributed by atoms with E-state index in [-0.39, 0.29) is 5.69 Å². The molecule has 0 aliphatic carbocycles. The van der Waals surface area contributed by atoms with Crippen molar-refractivity contribution in [2.75, 3.05) is 19.7 Å². The van der Waals surface area contributed by atoms with Gasteiger partial charge in [0.1, 0.15) is 12.4 Å². The van der Waals surface area contributed by atoms with Crippen molar-refractivity contribution in [3.63, 3.8) is 0 Å². The minimum absolute atomic E-state index is 0.0321. The summed E-state index contributed by atoms with van der Waals surface area (Å²) in [6.45, 7) is 4.24. The monoisotopic (exact) mass is 302 g/mol. The largest absolute Gasteiger partial charge is 0.491 e. The van der Waals surface area contributed by atoms with Crippen LogP contribution in [0.4, 0.5) is 5.69 Å². The zero-order chi connectivity index (χ0) is 12.7. The molecule has 0 aliphatic heterocycles. The molecule has 17 heavy (non-hydrogen) atoms. The molecule has 1 N–H and O–H groups in total. The van der Waals surface area contributed by atoms with Gasteiger partial charge in [-0.05, 0) is 35.0 Å². The quantitative estimate of drug-likeness (QED) is 0.478. The zero-order valence-electron chi connectivity index (χ0n) is 9.61. The molecule has 0 aliphatic rings. The molecule has 1 aromatic carbocycles. The Morgan fingerprint density at radius 2 is 2.24 bits per heavy atom. The Morgan fingerprint density at radius 3 is 2.88 bits per heavy atom. The lowest BCUT2D eigenvalue weighted by molar-refractivity contribution is -0.385. The number of nitrogens with zero attached hydrogens (tertiary/aromatic N) is 1. The van der Waals surface area contributed by atoms with E-state index in [0.29, 0.717) is 12.4 Å². The molecular weight excluding hydrogens is 288 g/mol.